The molecule has 0 saturated heterocycles. The normalized spacial score (nSPS) is 9.68. The molecular formula is C60H114Ba3O12. The van der Waals surface area contributed by atoms with Crippen molar-refractivity contribution in [1.29, 1.82) is 0 Å². The zero-order valence-corrected chi connectivity index (χ0v) is 63.3. The third-order valence-electron chi connectivity index (χ3n) is 11.9. The molecule has 0 saturated carbocycles. The van der Waals surface area contributed by atoms with Crippen LogP contribution >= 0.6 is 0 Å². The van der Waals surface area contributed by atoms with Crippen molar-refractivity contribution < 1.29 is 59.4 Å². The van der Waals surface area contributed by atoms with Gasteiger partial charge >= 0.3 is 147 Å². The maximum absolute atomic E-state index is 10.0. The van der Waals surface area contributed by atoms with Gasteiger partial charge in [0.2, 0.25) is 0 Å². The van der Waals surface area contributed by atoms with E-state index in [1.54, 1.807) is 0 Å². The molecule has 0 rings (SSSR count). The smallest absolute Gasteiger partial charge is 0.550 e. The summed E-state index contributed by atoms with van der Waals surface area (Å²) in [6.45, 7) is 13.1. The zero-order valence-electron chi connectivity index (χ0n) is 50.0. The number of carbonyl (C=O) groups excluding carboxylic acids is 6. The Morgan fingerprint density at radius 2 is 0.253 bits per heavy atom. The van der Waals surface area contributed by atoms with Gasteiger partial charge in [-0.15, -0.1) is 0 Å². The number of carbonyl (C=O) groups is 6. The molecule has 75 heavy (non-hydrogen) atoms. The molecular weight excluding hydrogens is 1320 g/mol. The van der Waals surface area contributed by atoms with Crippen molar-refractivity contribution in [3.8, 4) is 0 Å². The van der Waals surface area contributed by atoms with Gasteiger partial charge in [-0.05, 0) is 77.0 Å². The summed E-state index contributed by atoms with van der Waals surface area (Å²) in [6, 6.07) is 0. The minimum absolute atomic E-state index is 0. The van der Waals surface area contributed by atoms with Crippen molar-refractivity contribution in [2.75, 3.05) is 0 Å². The van der Waals surface area contributed by atoms with Crippen LogP contribution in [0.25, 0.3) is 0 Å². The van der Waals surface area contributed by atoms with Crippen molar-refractivity contribution in [2.24, 2.45) is 0 Å². The summed E-state index contributed by atoms with van der Waals surface area (Å²) in [5.74, 6) is -5.48. The average Bonchev–Trinajstić information content (AvgIpc) is 3.33. The Balaban J connectivity index is -0.0000000988. The van der Waals surface area contributed by atoms with E-state index in [0.717, 1.165) is 77.0 Å². The monoisotopic (exact) mass is 1440 g/mol. The van der Waals surface area contributed by atoms with Crippen molar-refractivity contribution in [3.63, 3.8) is 0 Å². The molecule has 0 radical (unpaired) electrons. The Hall–Kier alpha value is 1.53. The summed E-state index contributed by atoms with van der Waals surface area (Å²) in [5, 5.41) is 60.1. The second kappa shape index (κ2) is 92.0. The van der Waals surface area contributed by atoms with Crippen LogP contribution < -0.4 is 30.6 Å². The first-order chi connectivity index (χ1) is 34.6. The molecule has 432 valence electrons. The minimum atomic E-state index is -0.913. The Morgan fingerprint density at radius 3 is 0.333 bits per heavy atom. The molecule has 0 spiro atoms. The van der Waals surface area contributed by atoms with Crippen LogP contribution in [-0.2, 0) is 28.8 Å². The van der Waals surface area contributed by atoms with E-state index in [4.69, 9.17) is 0 Å². The maximum atomic E-state index is 10.0. The quantitative estimate of drug-likeness (QED) is 0.0408. The van der Waals surface area contributed by atoms with Crippen LogP contribution in [0.1, 0.15) is 350 Å². The minimum Gasteiger partial charge on any atom is -0.550 e. The van der Waals surface area contributed by atoms with Crippen LogP contribution in [0.2, 0.25) is 0 Å². The predicted octanol–water partition coefficient (Wildman–Crippen LogP) is 10.1. The average molecular weight is 1440 g/mol. The van der Waals surface area contributed by atoms with E-state index in [0.29, 0.717) is 0 Å². The number of carboxylic acid groups (broad SMARTS) is 6. The van der Waals surface area contributed by atoms with E-state index >= 15 is 0 Å². The molecule has 0 unspecified atom stereocenters. The second-order valence-corrected chi connectivity index (χ2v) is 19.5. The topological polar surface area (TPSA) is 241 Å². The van der Waals surface area contributed by atoms with E-state index < -0.39 is 35.8 Å². The number of carboxylic acids is 6. The van der Waals surface area contributed by atoms with Crippen LogP contribution in [0.5, 0.6) is 0 Å². The summed E-state index contributed by atoms with van der Waals surface area (Å²) in [5.41, 5.74) is 0. The molecule has 0 aromatic carbocycles. The first-order valence-electron chi connectivity index (χ1n) is 29.8. The maximum Gasteiger partial charge on any atom is 2.00 e. The van der Waals surface area contributed by atoms with Gasteiger partial charge in [-0.3, -0.25) is 0 Å². The molecule has 15 heteroatoms. The first kappa shape index (κ1) is 95.7. The van der Waals surface area contributed by atoms with Crippen LogP contribution in [-0.4, -0.2) is 182 Å². The second-order valence-electron chi connectivity index (χ2n) is 19.5. The molecule has 0 aromatic rings. The molecule has 0 aliphatic heterocycles. The number of hydrogen-bond donors (Lipinski definition) is 0. The summed E-state index contributed by atoms with van der Waals surface area (Å²) in [7, 11) is 0. The molecule has 0 amide bonds. The van der Waals surface area contributed by atoms with Gasteiger partial charge in [-0.1, -0.05) is 273 Å². The summed E-state index contributed by atoms with van der Waals surface area (Å²) >= 11 is 0. The molecule has 0 aliphatic carbocycles. The predicted molar refractivity (Wildman–Crippen MR) is 303 cm³/mol. The van der Waals surface area contributed by atoms with Gasteiger partial charge in [-0.25, -0.2) is 0 Å². The number of rotatable bonds is 48. The van der Waals surface area contributed by atoms with Crippen molar-refractivity contribution in [2.45, 2.75) is 350 Å². The van der Waals surface area contributed by atoms with Crippen LogP contribution in [0, 0.1) is 0 Å². The summed E-state index contributed by atoms with van der Waals surface area (Å²) in [4.78, 5) is 60.1. The molecule has 0 atom stereocenters. The summed E-state index contributed by atoms with van der Waals surface area (Å²) in [6.07, 6.45) is 50.1. The Morgan fingerprint density at radius 1 is 0.173 bits per heavy atom. The fourth-order valence-corrected chi connectivity index (χ4v) is 7.36. The fourth-order valence-electron chi connectivity index (χ4n) is 7.36. The number of hydrogen-bond acceptors (Lipinski definition) is 12. The molecule has 0 heterocycles. The molecule has 12 nitrogen and oxygen atoms in total. The van der Waals surface area contributed by atoms with Crippen molar-refractivity contribution >= 4 is 182 Å². The Kier molecular flexibility index (Phi) is 117. The van der Waals surface area contributed by atoms with E-state index in [1.807, 2.05) is 0 Å². The van der Waals surface area contributed by atoms with Crippen LogP contribution in [0.15, 0.2) is 0 Å². The zero-order chi connectivity index (χ0) is 55.4. The molecule has 0 fully saturated rings. The van der Waals surface area contributed by atoms with E-state index in [1.165, 1.54) is 193 Å². The third-order valence-corrected chi connectivity index (χ3v) is 11.9. The Labute approximate surface area is 583 Å². The molecule has 0 aromatic heterocycles. The third kappa shape index (κ3) is 132. The van der Waals surface area contributed by atoms with Gasteiger partial charge in [0.1, 0.15) is 0 Å². The van der Waals surface area contributed by atoms with Gasteiger partial charge in [-0.2, -0.15) is 0 Å². The first-order valence-corrected chi connectivity index (χ1v) is 29.8. The molecule has 0 aliphatic rings. The Bertz CT molecular complexity index is 898. The molecule has 0 bridgehead atoms. The largest absolute Gasteiger partial charge is 2.00 e. The van der Waals surface area contributed by atoms with E-state index in [2.05, 4.69) is 41.5 Å². The number of unbranched alkanes of at least 4 members (excludes halogenated alkanes) is 36. The van der Waals surface area contributed by atoms with Gasteiger partial charge in [0.15, 0.2) is 0 Å². The van der Waals surface area contributed by atoms with E-state index in [-0.39, 0.29) is 185 Å². The van der Waals surface area contributed by atoms with Gasteiger partial charge in [0.05, 0.1) is 0 Å². The van der Waals surface area contributed by atoms with E-state index in [9.17, 15) is 59.4 Å². The van der Waals surface area contributed by atoms with Gasteiger partial charge < -0.3 is 59.4 Å². The van der Waals surface area contributed by atoms with Crippen molar-refractivity contribution in [3.05, 3.63) is 0 Å². The van der Waals surface area contributed by atoms with Crippen LogP contribution in [0.3, 0.4) is 0 Å². The van der Waals surface area contributed by atoms with Gasteiger partial charge in [0, 0.05) is 35.8 Å². The van der Waals surface area contributed by atoms with Gasteiger partial charge in [0.25, 0.3) is 0 Å². The fraction of sp³-hybridized carbons (Fsp3) is 0.900. The molecule has 0 N–H and O–H groups in total. The SMILES string of the molecule is CCCCCCCCCC(=O)[O-].CCCCCCCCCC(=O)[O-].CCCCCCCCCC(=O)[O-].CCCCCCCCCC(=O)[O-].CCCCCCCCCC(=O)[O-].CCCCCCCCCC(=O)[O-].[Ba+2].[Ba+2].[Ba+2]. The standard InChI is InChI=1S/6C10H20O2.3Ba/c6*1-2-3-4-5-6-7-8-9-10(11)12;;;/h6*2-9H2,1H3,(H,11,12);;;/q;;;;;;3*+2/p-6. The van der Waals surface area contributed by atoms with Crippen molar-refractivity contribution in [1.82, 2.24) is 0 Å². The summed E-state index contributed by atoms with van der Waals surface area (Å²) < 4.78 is 0. The van der Waals surface area contributed by atoms with Crippen LogP contribution in [0.4, 0.5) is 0 Å². The number of aliphatic carboxylic acids is 6.